The van der Waals surface area contributed by atoms with Gasteiger partial charge in [-0.3, -0.25) is 9.59 Å². The summed E-state index contributed by atoms with van der Waals surface area (Å²) in [4.78, 5) is 21.3. The molecular weight excluding hydrogens is 227 g/mol. The molecule has 0 aromatic heterocycles. The van der Waals surface area contributed by atoms with Gasteiger partial charge >= 0.3 is 18.1 Å². The second-order valence-corrected chi connectivity index (χ2v) is 3.87. The van der Waals surface area contributed by atoms with Gasteiger partial charge in [0.2, 0.25) is 0 Å². The Bertz CT molecular complexity index is 290. The number of rotatable bonds is 2. The van der Waals surface area contributed by atoms with Crippen molar-refractivity contribution in [1.29, 1.82) is 0 Å². The van der Waals surface area contributed by atoms with Crippen molar-refractivity contribution < 1.29 is 27.9 Å². The van der Waals surface area contributed by atoms with Gasteiger partial charge in [-0.25, -0.2) is 0 Å². The molecule has 0 heterocycles. The van der Waals surface area contributed by atoms with Crippen LogP contribution >= 0.6 is 0 Å². The maximum absolute atomic E-state index is 11.9. The number of hydrogen-bond acceptors (Lipinski definition) is 2. The molecule has 0 radical (unpaired) electrons. The fourth-order valence-electron chi connectivity index (χ4n) is 1.81. The molecule has 1 saturated carbocycles. The number of nitrogens with one attached hydrogen (secondary N) is 1. The molecule has 0 aromatic carbocycles. The zero-order chi connectivity index (χ0) is 12.3. The Morgan fingerprint density at radius 1 is 1.25 bits per heavy atom. The Kier molecular flexibility index (Phi) is 3.77. The number of aliphatic carboxylic acids is 1. The largest absolute Gasteiger partial charge is 0.481 e. The normalized spacial score (nSPS) is 26.2. The molecule has 16 heavy (non-hydrogen) atoms. The number of alkyl halides is 3. The molecule has 1 aliphatic carbocycles. The molecule has 1 fully saturated rings. The number of carbonyl (C=O) groups is 2. The molecule has 1 rings (SSSR count). The van der Waals surface area contributed by atoms with Crippen LogP contribution < -0.4 is 5.32 Å². The molecule has 0 bridgehead atoms. The summed E-state index contributed by atoms with van der Waals surface area (Å²) in [5.41, 5.74) is 0. The first-order valence-electron chi connectivity index (χ1n) is 4.91. The van der Waals surface area contributed by atoms with E-state index in [1.54, 1.807) is 0 Å². The minimum Gasteiger partial charge on any atom is -0.481 e. The van der Waals surface area contributed by atoms with Crippen molar-refractivity contribution >= 4 is 11.9 Å². The van der Waals surface area contributed by atoms with Gasteiger partial charge in [0.05, 0.1) is 5.92 Å². The first-order chi connectivity index (χ1) is 7.30. The number of carbonyl (C=O) groups excluding carboxylic acids is 1. The van der Waals surface area contributed by atoms with Crippen LogP contribution in [-0.4, -0.2) is 29.2 Å². The summed E-state index contributed by atoms with van der Waals surface area (Å²) in [5.74, 6) is -3.68. The van der Waals surface area contributed by atoms with E-state index >= 15 is 0 Å². The average Bonchev–Trinajstić information content (AvgIpc) is 2.16. The Morgan fingerprint density at radius 2 is 1.88 bits per heavy atom. The molecule has 1 aliphatic rings. The third kappa shape index (κ3) is 3.39. The van der Waals surface area contributed by atoms with Crippen LogP contribution in [0.15, 0.2) is 0 Å². The van der Waals surface area contributed by atoms with Crippen molar-refractivity contribution in [3.05, 3.63) is 0 Å². The van der Waals surface area contributed by atoms with Crippen LogP contribution in [0.4, 0.5) is 13.2 Å². The van der Waals surface area contributed by atoms with Crippen molar-refractivity contribution in [1.82, 2.24) is 5.32 Å². The van der Waals surface area contributed by atoms with Crippen LogP contribution in [0.25, 0.3) is 0 Å². The quantitative estimate of drug-likeness (QED) is 0.763. The molecule has 4 nitrogen and oxygen atoms in total. The maximum atomic E-state index is 11.9. The number of carboxylic acid groups (broad SMARTS) is 1. The van der Waals surface area contributed by atoms with Gasteiger partial charge in [-0.1, -0.05) is 6.42 Å². The molecule has 2 atom stereocenters. The van der Waals surface area contributed by atoms with Gasteiger partial charge in [-0.2, -0.15) is 13.2 Å². The number of halogens is 3. The van der Waals surface area contributed by atoms with Gasteiger partial charge in [0.15, 0.2) is 0 Å². The van der Waals surface area contributed by atoms with Crippen LogP contribution in [0.5, 0.6) is 0 Å². The Balaban J connectivity index is 2.49. The first-order valence-corrected chi connectivity index (χ1v) is 4.91. The van der Waals surface area contributed by atoms with Gasteiger partial charge in [-0.05, 0) is 19.3 Å². The minimum absolute atomic E-state index is 0.0666. The average molecular weight is 239 g/mol. The summed E-state index contributed by atoms with van der Waals surface area (Å²) in [6.45, 7) is 0. The third-order valence-corrected chi connectivity index (χ3v) is 2.62. The number of hydrogen-bond donors (Lipinski definition) is 2. The predicted molar refractivity (Wildman–Crippen MR) is 47.6 cm³/mol. The standard InChI is InChI=1S/C9H12F3NO3/c10-9(11,12)8(16)13-6-3-1-2-5(4-6)7(14)15/h5-6H,1-4H2,(H,13,16)(H,14,15)/t5-,6+/m1/s1. The molecule has 0 spiro atoms. The van der Waals surface area contributed by atoms with Crippen LogP contribution in [0.3, 0.4) is 0 Å². The summed E-state index contributed by atoms with van der Waals surface area (Å²) >= 11 is 0. The van der Waals surface area contributed by atoms with Crippen LogP contribution in [0, 0.1) is 5.92 Å². The van der Waals surface area contributed by atoms with Crippen molar-refractivity contribution in [2.75, 3.05) is 0 Å². The second kappa shape index (κ2) is 4.71. The number of carboxylic acids is 1. The summed E-state index contributed by atoms with van der Waals surface area (Å²) in [6, 6.07) is -0.691. The zero-order valence-corrected chi connectivity index (χ0v) is 8.38. The Labute approximate surface area is 89.8 Å². The van der Waals surface area contributed by atoms with E-state index in [2.05, 4.69) is 0 Å². The Hall–Kier alpha value is -1.27. The third-order valence-electron chi connectivity index (χ3n) is 2.62. The van der Waals surface area contributed by atoms with Crippen molar-refractivity contribution in [3.8, 4) is 0 Å². The van der Waals surface area contributed by atoms with Gasteiger partial charge in [-0.15, -0.1) is 0 Å². The topological polar surface area (TPSA) is 66.4 Å². The van der Waals surface area contributed by atoms with Crippen molar-refractivity contribution in [2.24, 2.45) is 5.92 Å². The highest BCUT2D eigenvalue weighted by atomic mass is 19.4. The van der Waals surface area contributed by atoms with Gasteiger partial charge in [0.25, 0.3) is 0 Å². The molecule has 2 N–H and O–H groups in total. The fraction of sp³-hybridized carbons (Fsp3) is 0.778. The maximum Gasteiger partial charge on any atom is 0.471 e. The van der Waals surface area contributed by atoms with Crippen molar-refractivity contribution in [2.45, 2.75) is 37.9 Å². The fourth-order valence-corrected chi connectivity index (χ4v) is 1.81. The smallest absolute Gasteiger partial charge is 0.471 e. The SMILES string of the molecule is O=C(O)[C@@H]1CCC[C@H](NC(=O)C(F)(F)F)C1. The lowest BCUT2D eigenvalue weighted by atomic mass is 9.86. The molecule has 0 aromatic rings. The van der Waals surface area contributed by atoms with Gasteiger partial charge in [0, 0.05) is 6.04 Å². The highest BCUT2D eigenvalue weighted by Gasteiger charge is 2.40. The molecule has 7 heteroatoms. The summed E-state index contributed by atoms with van der Waals surface area (Å²) in [7, 11) is 0. The summed E-state index contributed by atoms with van der Waals surface area (Å²) < 4.78 is 35.8. The lowest BCUT2D eigenvalue weighted by Crippen LogP contribution is -2.45. The van der Waals surface area contributed by atoms with E-state index in [1.165, 1.54) is 0 Å². The van der Waals surface area contributed by atoms with Crippen molar-refractivity contribution in [3.63, 3.8) is 0 Å². The van der Waals surface area contributed by atoms with E-state index in [0.717, 1.165) is 0 Å². The molecule has 92 valence electrons. The van der Waals surface area contributed by atoms with E-state index in [-0.39, 0.29) is 6.42 Å². The van der Waals surface area contributed by atoms with Crippen LogP contribution in [-0.2, 0) is 9.59 Å². The Morgan fingerprint density at radius 3 is 2.38 bits per heavy atom. The number of amides is 1. The highest BCUT2D eigenvalue weighted by molar-refractivity contribution is 5.82. The molecule has 1 amide bonds. The lowest BCUT2D eigenvalue weighted by molar-refractivity contribution is -0.174. The van der Waals surface area contributed by atoms with Gasteiger partial charge < -0.3 is 10.4 Å². The summed E-state index contributed by atoms with van der Waals surface area (Å²) in [5, 5.41) is 10.5. The van der Waals surface area contributed by atoms with E-state index in [0.29, 0.717) is 19.3 Å². The molecule has 0 aliphatic heterocycles. The van der Waals surface area contributed by atoms with Crippen LogP contribution in [0.1, 0.15) is 25.7 Å². The lowest BCUT2D eigenvalue weighted by Gasteiger charge is -2.27. The molecular formula is C9H12F3NO3. The highest BCUT2D eigenvalue weighted by Crippen LogP contribution is 2.25. The van der Waals surface area contributed by atoms with E-state index in [4.69, 9.17) is 5.11 Å². The molecule has 0 saturated heterocycles. The van der Waals surface area contributed by atoms with Crippen LogP contribution in [0.2, 0.25) is 0 Å². The van der Waals surface area contributed by atoms with E-state index in [1.807, 2.05) is 5.32 Å². The minimum atomic E-state index is -4.91. The molecule has 0 unspecified atom stereocenters. The van der Waals surface area contributed by atoms with E-state index in [9.17, 15) is 22.8 Å². The first kappa shape index (κ1) is 12.8. The predicted octanol–water partition coefficient (Wildman–Crippen LogP) is 1.31. The monoisotopic (exact) mass is 239 g/mol. The van der Waals surface area contributed by atoms with E-state index < -0.39 is 30.0 Å². The zero-order valence-electron chi connectivity index (χ0n) is 8.38. The van der Waals surface area contributed by atoms with Gasteiger partial charge in [0.1, 0.15) is 0 Å². The second-order valence-electron chi connectivity index (χ2n) is 3.87. The summed E-state index contributed by atoms with van der Waals surface area (Å²) in [6.07, 6.45) is -3.48.